The normalized spacial score (nSPS) is 13.8. The lowest BCUT2D eigenvalue weighted by molar-refractivity contribution is -0.870. The lowest BCUT2D eigenvalue weighted by atomic mass is 10.1. The molecule has 0 aliphatic carbocycles. The van der Waals surface area contributed by atoms with Crippen LogP contribution in [0.2, 0.25) is 0 Å². The second-order valence-electron chi connectivity index (χ2n) is 16.8. The van der Waals surface area contributed by atoms with Crippen molar-refractivity contribution < 1.29 is 42.1 Å². The Kier molecular flexibility index (Phi) is 37.9. The van der Waals surface area contributed by atoms with E-state index in [-0.39, 0.29) is 32.0 Å². The lowest BCUT2D eigenvalue weighted by Gasteiger charge is -2.24. The molecule has 1 N–H and O–H groups in total. The van der Waals surface area contributed by atoms with Crippen LogP contribution in [0.3, 0.4) is 0 Å². The summed E-state index contributed by atoms with van der Waals surface area (Å²) in [6.07, 6.45) is 42.2. The number of ether oxygens (including phenoxy) is 2. The highest BCUT2D eigenvalue weighted by Crippen LogP contribution is 2.43. The highest BCUT2D eigenvalue weighted by atomic mass is 31.2. The van der Waals surface area contributed by atoms with Crippen LogP contribution in [0.5, 0.6) is 0 Å². The summed E-state index contributed by atoms with van der Waals surface area (Å²) in [5.41, 5.74) is 0. The van der Waals surface area contributed by atoms with E-state index in [9.17, 15) is 19.0 Å². The summed E-state index contributed by atoms with van der Waals surface area (Å²) in [7, 11) is 1.47. The van der Waals surface area contributed by atoms with E-state index in [1.54, 1.807) is 0 Å². The number of rotatable bonds is 42. The number of quaternary nitrogens is 1. The zero-order valence-corrected chi connectivity index (χ0v) is 38.0. The van der Waals surface area contributed by atoms with Gasteiger partial charge in [0.25, 0.3) is 0 Å². The number of carbonyl (C=O) groups is 2. The van der Waals surface area contributed by atoms with Crippen LogP contribution in [0.25, 0.3) is 0 Å². The molecule has 0 saturated heterocycles. The zero-order chi connectivity index (χ0) is 41.4. The highest BCUT2D eigenvalue weighted by molar-refractivity contribution is 7.47. The highest BCUT2D eigenvalue weighted by Gasteiger charge is 2.27. The van der Waals surface area contributed by atoms with Crippen molar-refractivity contribution >= 4 is 19.8 Å². The number of likely N-dealkylation sites (N-methyl/N-ethyl adjacent to an activating group) is 1. The second kappa shape index (κ2) is 39.0. The first-order valence-corrected chi connectivity index (χ1v) is 24.6. The fraction of sp³-hybridized carbons (Fsp3) is 0.870. The maximum Gasteiger partial charge on any atom is 0.472 e. The molecule has 2 atom stereocenters. The molecule has 0 aliphatic heterocycles. The monoisotopic (exact) mass is 815 g/mol. The Morgan fingerprint density at radius 1 is 0.536 bits per heavy atom. The van der Waals surface area contributed by atoms with Crippen LogP contribution in [0.15, 0.2) is 24.3 Å². The molecule has 0 aromatic rings. The van der Waals surface area contributed by atoms with Gasteiger partial charge in [-0.05, 0) is 64.2 Å². The number of hydrogen-bond donors (Lipinski definition) is 1. The molecular weight excluding hydrogens is 725 g/mol. The number of allylic oxidation sites excluding steroid dienone is 4. The van der Waals surface area contributed by atoms with Gasteiger partial charge in [-0.3, -0.25) is 18.6 Å². The fourth-order valence-electron chi connectivity index (χ4n) is 6.30. The summed E-state index contributed by atoms with van der Waals surface area (Å²) < 4.78 is 34.3. The van der Waals surface area contributed by atoms with E-state index in [1.165, 1.54) is 122 Å². The van der Waals surface area contributed by atoms with Crippen LogP contribution < -0.4 is 0 Å². The number of phosphoric acid groups is 1. The third kappa shape index (κ3) is 42.1. The van der Waals surface area contributed by atoms with Gasteiger partial charge < -0.3 is 18.9 Å². The Balaban J connectivity index is 4.32. The Morgan fingerprint density at radius 2 is 0.911 bits per heavy atom. The number of carbonyl (C=O) groups excluding carboxylic acids is 2. The molecule has 1 unspecified atom stereocenters. The number of phosphoric ester groups is 1. The molecule has 330 valence electrons. The quantitative estimate of drug-likeness (QED) is 0.0213. The van der Waals surface area contributed by atoms with Crippen molar-refractivity contribution in [3.63, 3.8) is 0 Å². The van der Waals surface area contributed by atoms with Gasteiger partial charge in [0.15, 0.2) is 6.10 Å². The molecule has 0 radical (unpaired) electrons. The third-order valence-corrected chi connectivity index (χ3v) is 10.9. The van der Waals surface area contributed by atoms with Crippen molar-refractivity contribution in [2.45, 2.75) is 213 Å². The maximum absolute atomic E-state index is 12.7. The van der Waals surface area contributed by atoms with Gasteiger partial charge in [-0.1, -0.05) is 154 Å². The average Bonchev–Trinajstić information content (AvgIpc) is 3.15. The largest absolute Gasteiger partial charge is 0.472 e. The van der Waals surface area contributed by atoms with Crippen LogP contribution >= 0.6 is 7.82 Å². The summed E-state index contributed by atoms with van der Waals surface area (Å²) in [4.78, 5) is 35.4. The van der Waals surface area contributed by atoms with Gasteiger partial charge in [-0.15, -0.1) is 0 Å². The second-order valence-corrected chi connectivity index (χ2v) is 18.2. The van der Waals surface area contributed by atoms with Crippen LogP contribution in [0.1, 0.15) is 206 Å². The van der Waals surface area contributed by atoms with Crippen molar-refractivity contribution in [3.05, 3.63) is 24.3 Å². The van der Waals surface area contributed by atoms with Gasteiger partial charge in [0.05, 0.1) is 27.7 Å². The minimum absolute atomic E-state index is 0.0311. The molecule has 9 nitrogen and oxygen atoms in total. The topological polar surface area (TPSA) is 108 Å². The minimum atomic E-state index is -4.37. The number of nitrogens with zero attached hydrogens (tertiary/aromatic N) is 1. The Labute approximate surface area is 345 Å². The standard InChI is InChI=1S/C46H88NO8P/c1-6-8-10-12-14-16-18-20-22-23-25-26-28-30-32-34-36-38-45(48)52-42-44(43-54-56(50,51)53-41-40-47(3,4)5)55-46(49)39-37-35-33-31-29-27-24-21-19-17-15-13-11-9-7-2/h16,18,21,24,44H,6-15,17,19-20,22-23,25-43H2,1-5H3/p+1/b18-16+,24-21+/t44-/m1/s1. The molecule has 0 saturated carbocycles. The van der Waals surface area contributed by atoms with E-state index in [2.05, 4.69) is 38.2 Å². The van der Waals surface area contributed by atoms with Gasteiger partial charge in [0.2, 0.25) is 0 Å². The van der Waals surface area contributed by atoms with Crippen molar-refractivity contribution in [2.75, 3.05) is 47.5 Å². The predicted molar refractivity (Wildman–Crippen MR) is 234 cm³/mol. The molecule has 0 amide bonds. The predicted octanol–water partition coefficient (Wildman–Crippen LogP) is 13.1. The lowest BCUT2D eigenvalue weighted by Crippen LogP contribution is -2.37. The first kappa shape index (κ1) is 54.5. The van der Waals surface area contributed by atoms with E-state index >= 15 is 0 Å². The van der Waals surface area contributed by atoms with Gasteiger partial charge in [-0.2, -0.15) is 0 Å². The molecule has 56 heavy (non-hydrogen) atoms. The van der Waals surface area contributed by atoms with Gasteiger partial charge in [0.1, 0.15) is 19.8 Å². The molecule has 0 fully saturated rings. The summed E-state index contributed by atoms with van der Waals surface area (Å²) >= 11 is 0. The smallest absolute Gasteiger partial charge is 0.462 e. The van der Waals surface area contributed by atoms with Crippen molar-refractivity contribution in [3.8, 4) is 0 Å². The first-order chi connectivity index (χ1) is 27.0. The van der Waals surface area contributed by atoms with Crippen molar-refractivity contribution in [1.29, 1.82) is 0 Å². The van der Waals surface area contributed by atoms with Crippen LogP contribution in [-0.2, 0) is 32.7 Å². The van der Waals surface area contributed by atoms with Crippen LogP contribution in [0, 0.1) is 0 Å². The number of hydrogen-bond acceptors (Lipinski definition) is 7. The summed E-state index contributed by atoms with van der Waals surface area (Å²) in [6.45, 7) is 4.41. The maximum atomic E-state index is 12.7. The Bertz CT molecular complexity index is 1010. The van der Waals surface area contributed by atoms with Gasteiger partial charge >= 0.3 is 19.8 Å². The Hall–Kier alpha value is -1.51. The van der Waals surface area contributed by atoms with Gasteiger partial charge in [0, 0.05) is 12.8 Å². The SMILES string of the molecule is CCCCCC/C=C/CCCCCCCCCCCC(=O)OC[C@H](COP(=O)(O)OCC[N+](C)(C)C)OC(=O)CCCCCCC/C=C/CCCCCCCC. The molecule has 0 heterocycles. The molecule has 0 aromatic carbocycles. The summed E-state index contributed by atoms with van der Waals surface area (Å²) in [5, 5.41) is 0. The van der Waals surface area contributed by atoms with E-state index in [0.29, 0.717) is 17.4 Å². The van der Waals surface area contributed by atoms with Crippen molar-refractivity contribution in [1.82, 2.24) is 0 Å². The van der Waals surface area contributed by atoms with Gasteiger partial charge in [-0.25, -0.2) is 4.57 Å². The molecule has 0 aliphatic rings. The van der Waals surface area contributed by atoms with Crippen LogP contribution in [-0.4, -0.2) is 74.9 Å². The first-order valence-electron chi connectivity index (χ1n) is 23.1. The van der Waals surface area contributed by atoms with E-state index in [0.717, 1.165) is 51.4 Å². The average molecular weight is 815 g/mol. The number of unbranched alkanes of at least 4 members (excludes halogenated alkanes) is 24. The van der Waals surface area contributed by atoms with E-state index < -0.39 is 26.5 Å². The fourth-order valence-corrected chi connectivity index (χ4v) is 7.04. The molecule has 0 bridgehead atoms. The summed E-state index contributed by atoms with van der Waals surface area (Å²) in [6, 6.07) is 0. The molecule has 0 spiro atoms. The Morgan fingerprint density at radius 3 is 1.34 bits per heavy atom. The van der Waals surface area contributed by atoms with Crippen molar-refractivity contribution in [2.24, 2.45) is 0 Å². The molecule has 0 aromatic heterocycles. The third-order valence-electron chi connectivity index (χ3n) is 9.95. The molecule has 0 rings (SSSR count). The molecular formula is C46H89NO8P+. The minimum Gasteiger partial charge on any atom is -0.462 e. The van der Waals surface area contributed by atoms with Crippen LogP contribution in [0.4, 0.5) is 0 Å². The number of esters is 2. The van der Waals surface area contributed by atoms with E-state index in [4.69, 9.17) is 18.5 Å². The van der Waals surface area contributed by atoms with E-state index in [1.807, 2.05) is 21.1 Å². The molecule has 10 heteroatoms. The summed E-state index contributed by atoms with van der Waals surface area (Å²) in [5.74, 6) is -0.805. The zero-order valence-electron chi connectivity index (χ0n) is 37.1.